The molecule has 0 aromatic carbocycles. The monoisotopic (exact) mass is 1800 g/mol. The van der Waals surface area contributed by atoms with Crippen molar-refractivity contribution >= 4 is 80.3 Å². The number of imidazole rings is 1. The molecule has 0 radical (unpaired) electrons. The summed E-state index contributed by atoms with van der Waals surface area (Å²) in [5.74, 6) is 2.48. The van der Waals surface area contributed by atoms with E-state index in [0.29, 0.717) is 50.5 Å². The second kappa shape index (κ2) is 66.6. The van der Waals surface area contributed by atoms with E-state index in [2.05, 4.69) is 133 Å². The summed E-state index contributed by atoms with van der Waals surface area (Å²) in [4.78, 5) is 123. The van der Waals surface area contributed by atoms with E-state index in [-0.39, 0.29) is 131 Å². The van der Waals surface area contributed by atoms with Crippen LogP contribution in [0.15, 0.2) is 129 Å². The van der Waals surface area contributed by atoms with Crippen molar-refractivity contribution in [1.82, 2.24) is 14.3 Å². The molecule has 1 aromatic rings. The highest BCUT2D eigenvalue weighted by molar-refractivity contribution is 7.92. The van der Waals surface area contributed by atoms with Gasteiger partial charge in [0.15, 0.2) is 28.9 Å². The highest BCUT2D eigenvalue weighted by Crippen LogP contribution is 2.27. The van der Waals surface area contributed by atoms with Crippen molar-refractivity contribution in [2.24, 2.45) is 59.6 Å². The summed E-state index contributed by atoms with van der Waals surface area (Å²) < 4.78 is 40.5. The second-order valence-electron chi connectivity index (χ2n) is 45.2. The first-order chi connectivity index (χ1) is 56.0. The van der Waals surface area contributed by atoms with Crippen LogP contribution in [-0.2, 0) is 83.5 Å². The van der Waals surface area contributed by atoms with E-state index in [1.165, 1.54) is 26.0 Å². The van der Waals surface area contributed by atoms with Crippen molar-refractivity contribution in [2.75, 3.05) is 13.2 Å². The number of rotatable bonds is 24. The summed E-state index contributed by atoms with van der Waals surface area (Å²) >= 11 is 0. The fourth-order valence-electron chi connectivity index (χ4n) is 8.21. The smallest absolute Gasteiger partial charge is 0.330 e. The van der Waals surface area contributed by atoms with Gasteiger partial charge in [0.05, 0.1) is 30.8 Å². The molecule has 1 aromatic heterocycles. The molecule has 0 fully saturated rings. The number of carbonyl (C=O) groups is 11. The van der Waals surface area contributed by atoms with Crippen molar-refractivity contribution in [3.63, 3.8) is 0 Å². The molecule has 0 spiro atoms. The van der Waals surface area contributed by atoms with Gasteiger partial charge in [-0.25, -0.2) is 27.7 Å². The summed E-state index contributed by atoms with van der Waals surface area (Å²) in [5, 5.41) is 18.6. The van der Waals surface area contributed by atoms with Gasteiger partial charge in [0.2, 0.25) is 15.8 Å². The molecule has 0 amide bonds. The number of carbonyl (C=O) groups excluding carboxylic acids is 11. The Balaban J connectivity index is -0.000000129. The predicted molar refractivity (Wildman–Crippen MR) is 533 cm³/mol. The number of hydrogen-bond donors (Lipinski definition) is 2. The lowest BCUT2D eigenvalue weighted by Crippen LogP contribution is -2.39. The standard InChI is InChI=1S/C10H16N2.C10H16O2.2C10H18O.C9H15NO.C9H16O3.C9H16O.2C8H14O2.C8H14O.C8H12O.C6H13NO2S/c1-5-9-11-6-7-12(9)8-10(2,3)4;1-6-8(10(3,4)5)12-9(11)7-2;2*1-8(2)6-9(11)7-10(3,4)5;1-7(6-10)8(11)5-9(2,3)4;1-7(10)12-6-8(11)5-9(2,3)4;1-7(2)6-8(10)9(3,4)5;1-6(9)5-7(10)8(2,3)4;1-5-7(9)10-6-8(2,3)4;2*1-5-7(9)6-8(2,3)4;1-5-10(8,9)7-6(2,3)4/h5-7H,1,8H2,2-4H3;6-8H,1-2H2,3-5H3;2*6H,7H2,1-5H3;8,11H,1,5H2,2-4H3;5-6H2,1-4H3;6H,1-5H3;5H2,1-4H3;5H,1,6H2,2-4H3;5H,1,6H2,2-4H3;1H,6H2,2-4H3;5,7H,1H2,2-4H3. The summed E-state index contributed by atoms with van der Waals surface area (Å²) in [7, 11) is -3.26. The summed E-state index contributed by atoms with van der Waals surface area (Å²) in [6.45, 7) is 111. The number of Topliss-reactive ketones (excluding diaryl/α,β-unsaturated/α-hetero) is 4. The van der Waals surface area contributed by atoms with Crippen LogP contribution in [-0.4, -0.2) is 118 Å². The minimum absolute atomic E-state index is 0.0139. The lowest BCUT2D eigenvalue weighted by Gasteiger charge is -2.26. The molecule has 0 saturated carbocycles. The molecular weight excluding hydrogens is 1620 g/mol. The Morgan fingerprint density at radius 2 is 0.906 bits per heavy atom. The number of allylic oxidation sites excluding steroid dienone is 7. The maximum absolute atomic E-state index is 11.2. The van der Waals surface area contributed by atoms with Gasteiger partial charge in [0, 0.05) is 97.3 Å². The molecular formula is C105H182N4O17S. The number of nitrogens with one attached hydrogen (secondary N) is 1. The van der Waals surface area contributed by atoms with Crippen molar-refractivity contribution in [3.05, 3.63) is 135 Å². The maximum atomic E-state index is 11.2. The number of nitrogens with zero attached hydrogens (tertiary/aromatic N) is 3. The number of sulfonamides is 1. The highest BCUT2D eigenvalue weighted by atomic mass is 32.2. The largest absolute Gasteiger partial charge is 0.462 e. The third kappa shape index (κ3) is 124. The molecule has 730 valence electrons. The minimum Gasteiger partial charge on any atom is -0.462 e. The normalized spacial score (nSPS) is 11.6. The van der Waals surface area contributed by atoms with Gasteiger partial charge >= 0.3 is 17.9 Å². The molecule has 0 aliphatic heterocycles. The van der Waals surface area contributed by atoms with Crippen LogP contribution in [0.5, 0.6) is 0 Å². The third-order valence-electron chi connectivity index (χ3n) is 13.5. The molecule has 0 saturated heterocycles. The van der Waals surface area contributed by atoms with Gasteiger partial charge in [-0.15, -0.1) is 6.42 Å². The summed E-state index contributed by atoms with van der Waals surface area (Å²) in [5.41, 5.74) is 3.06. The fraction of sp³-hybridized carbons (Fsp3) is 0.648. The van der Waals surface area contributed by atoms with E-state index in [1.807, 2.05) is 226 Å². The quantitative estimate of drug-likeness (QED) is 0.0142. The van der Waals surface area contributed by atoms with Gasteiger partial charge in [0.1, 0.15) is 30.1 Å². The molecule has 21 nitrogen and oxygen atoms in total. The van der Waals surface area contributed by atoms with Crippen LogP contribution in [0.4, 0.5) is 0 Å². The molecule has 22 heteroatoms. The molecule has 0 aliphatic rings. The number of terminal acetylenes is 1. The van der Waals surface area contributed by atoms with E-state index in [4.69, 9.17) is 21.2 Å². The highest BCUT2D eigenvalue weighted by Gasteiger charge is 2.27. The van der Waals surface area contributed by atoms with E-state index in [9.17, 15) is 66.3 Å². The third-order valence-corrected chi connectivity index (χ3v) is 14.9. The minimum atomic E-state index is -3.26. The molecule has 2 unspecified atom stereocenters. The Morgan fingerprint density at radius 3 is 1.12 bits per heavy atom. The lowest BCUT2D eigenvalue weighted by atomic mass is 9.87. The van der Waals surface area contributed by atoms with Crippen molar-refractivity contribution in [3.8, 4) is 18.4 Å². The van der Waals surface area contributed by atoms with E-state index >= 15 is 0 Å². The van der Waals surface area contributed by atoms with Crippen LogP contribution in [0.25, 0.3) is 6.08 Å². The van der Waals surface area contributed by atoms with Crippen LogP contribution in [0, 0.1) is 83.2 Å². The Hall–Kier alpha value is -8.70. The number of nitriles is 1. The van der Waals surface area contributed by atoms with Gasteiger partial charge in [-0.2, -0.15) is 5.26 Å². The molecule has 2 atom stereocenters. The molecule has 127 heavy (non-hydrogen) atoms. The van der Waals surface area contributed by atoms with Crippen LogP contribution in [0.1, 0.15) is 355 Å². The molecule has 1 heterocycles. The molecule has 2 N–H and O–H groups in total. The van der Waals surface area contributed by atoms with Gasteiger partial charge in [0.25, 0.3) is 0 Å². The molecule has 0 bridgehead atoms. The van der Waals surface area contributed by atoms with Gasteiger partial charge in [-0.05, 0) is 155 Å². The average molecular weight is 1800 g/mol. The first-order valence-corrected chi connectivity index (χ1v) is 44.3. The number of aromatic nitrogens is 2. The average Bonchev–Trinajstić information content (AvgIpc) is 1.82. The zero-order valence-electron chi connectivity index (χ0n) is 88.3. The number of esters is 3. The molecule has 1 rings (SSSR count). The SMILES string of the molecule is C#CC(=O)CC(C)(C)C.C=C(C#N)C(O)CC(C)(C)C.C=CC(=O)CC(C)(C)C.C=CC(=O)OC(C=C)C(C)(C)C.C=CC(=O)OCC(C)(C)C.C=CS(=O)(=O)NC(C)(C)C.C=Cc1nccn1CC(C)(C)C.CC(=O)CC(=O)C(C)(C)C.CC(=O)OCC(=O)CC(C)(C)C.CC(C)=CC(=O)C(C)(C)C.CC(C)=CC(=O)CC(C)(C)C.CC(C)=CC(=O)CC(C)(C)C. The van der Waals surface area contributed by atoms with Crippen molar-refractivity contribution < 1.29 is 80.5 Å². The zero-order valence-corrected chi connectivity index (χ0v) is 89.1. The number of aliphatic hydroxyl groups excluding tert-OH is 1. The maximum Gasteiger partial charge on any atom is 0.330 e. The van der Waals surface area contributed by atoms with Crippen LogP contribution in [0.2, 0.25) is 0 Å². The van der Waals surface area contributed by atoms with Crippen molar-refractivity contribution in [2.45, 2.75) is 374 Å². The van der Waals surface area contributed by atoms with Gasteiger partial charge in [-0.3, -0.25) is 43.2 Å². The van der Waals surface area contributed by atoms with Crippen LogP contribution >= 0.6 is 0 Å². The first kappa shape index (κ1) is 141. The fourth-order valence-corrected chi connectivity index (χ4v) is 9.15. The zero-order chi connectivity index (χ0) is 104. The Kier molecular flexibility index (Phi) is 74.2. The topological polar surface area (TPSA) is 323 Å². The second-order valence-corrected chi connectivity index (χ2v) is 46.8. The van der Waals surface area contributed by atoms with E-state index in [0.717, 1.165) is 40.6 Å². The van der Waals surface area contributed by atoms with Crippen LogP contribution in [0.3, 0.4) is 0 Å². The number of hydrogen-bond acceptors (Lipinski definition) is 19. The van der Waals surface area contributed by atoms with Gasteiger partial charge < -0.3 is 23.9 Å². The Labute approximate surface area is 775 Å². The molecule has 0 aliphatic carbocycles. The Bertz CT molecular complexity index is 3820. The van der Waals surface area contributed by atoms with Crippen LogP contribution < -0.4 is 4.72 Å². The number of ketones is 8. The van der Waals surface area contributed by atoms with E-state index in [1.54, 1.807) is 51.2 Å². The lowest BCUT2D eigenvalue weighted by molar-refractivity contribution is -0.146. The Morgan fingerprint density at radius 1 is 0.520 bits per heavy atom. The predicted octanol–water partition coefficient (Wildman–Crippen LogP) is 24.8. The first-order valence-electron chi connectivity index (χ1n) is 42.7. The summed E-state index contributed by atoms with van der Waals surface area (Å²) in [6, 6.07) is 1.84. The number of ether oxygens (including phenoxy) is 3. The van der Waals surface area contributed by atoms with Crippen molar-refractivity contribution in [1.29, 1.82) is 5.26 Å². The van der Waals surface area contributed by atoms with E-state index < -0.39 is 33.6 Å². The van der Waals surface area contributed by atoms with Gasteiger partial charge in [-0.1, -0.05) is 297 Å². The summed E-state index contributed by atoms with van der Waals surface area (Å²) in [6.07, 6.45) is 23.4. The number of aliphatic hydroxyl groups is 1.